The van der Waals surface area contributed by atoms with E-state index in [4.69, 9.17) is 19.5 Å². The molecule has 0 saturated heterocycles. The van der Waals surface area contributed by atoms with E-state index in [-0.39, 0.29) is 12.5 Å². The summed E-state index contributed by atoms with van der Waals surface area (Å²) in [4.78, 5) is 11.7. The van der Waals surface area contributed by atoms with E-state index in [9.17, 15) is 4.79 Å². The Balaban J connectivity index is 1.63. The molecule has 2 aromatic rings. The van der Waals surface area contributed by atoms with Crippen molar-refractivity contribution in [3.63, 3.8) is 0 Å². The maximum Gasteiger partial charge on any atom is 0.258 e. The van der Waals surface area contributed by atoms with Gasteiger partial charge in [-0.1, -0.05) is 0 Å². The fourth-order valence-electron chi connectivity index (χ4n) is 1.86. The number of carbonyl (C=O) groups is 1. The average molecular weight is 326 g/mol. The van der Waals surface area contributed by atoms with Crippen LogP contribution in [0.4, 0.5) is 0 Å². The van der Waals surface area contributed by atoms with Crippen LogP contribution in [0.3, 0.4) is 0 Å². The van der Waals surface area contributed by atoms with Gasteiger partial charge < -0.3 is 19.5 Å². The molecule has 1 N–H and O–H groups in total. The number of hydrogen-bond donors (Lipinski definition) is 1. The number of nitrogens with one attached hydrogen (secondary N) is 1. The predicted molar refractivity (Wildman–Crippen MR) is 88.2 cm³/mol. The zero-order valence-corrected chi connectivity index (χ0v) is 13.3. The molecular weight excluding hydrogens is 308 g/mol. The minimum Gasteiger partial charge on any atom is -0.497 e. The molecule has 2 rings (SSSR count). The van der Waals surface area contributed by atoms with Gasteiger partial charge in [-0.15, -0.1) is 0 Å². The summed E-state index contributed by atoms with van der Waals surface area (Å²) in [5.74, 6) is 1.77. The highest BCUT2D eigenvalue weighted by atomic mass is 16.5. The van der Waals surface area contributed by atoms with Crippen LogP contribution in [-0.2, 0) is 4.79 Å². The van der Waals surface area contributed by atoms with Gasteiger partial charge in [-0.25, -0.2) is 0 Å². The van der Waals surface area contributed by atoms with Gasteiger partial charge >= 0.3 is 0 Å². The predicted octanol–water partition coefficient (Wildman–Crippen LogP) is 2.14. The van der Waals surface area contributed by atoms with Crippen molar-refractivity contribution in [1.29, 1.82) is 5.26 Å². The van der Waals surface area contributed by atoms with E-state index in [2.05, 4.69) is 5.32 Å². The quantitative estimate of drug-likeness (QED) is 0.752. The van der Waals surface area contributed by atoms with Crippen LogP contribution in [0.25, 0.3) is 0 Å². The second kappa shape index (κ2) is 9.06. The van der Waals surface area contributed by atoms with Gasteiger partial charge in [0, 0.05) is 0 Å². The minimum atomic E-state index is -0.238. The smallest absolute Gasteiger partial charge is 0.258 e. The van der Waals surface area contributed by atoms with Gasteiger partial charge in [-0.2, -0.15) is 5.26 Å². The Kier molecular flexibility index (Phi) is 6.47. The van der Waals surface area contributed by atoms with E-state index in [1.807, 2.05) is 6.07 Å². The van der Waals surface area contributed by atoms with Crippen LogP contribution in [0.15, 0.2) is 48.5 Å². The second-order valence-corrected chi connectivity index (χ2v) is 4.80. The fourth-order valence-corrected chi connectivity index (χ4v) is 1.86. The van der Waals surface area contributed by atoms with E-state index < -0.39 is 0 Å². The zero-order chi connectivity index (χ0) is 17.2. The molecular formula is C18H18N2O4. The molecule has 0 atom stereocenters. The highest BCUT2D eigenvalue weighted by Crippen LogP contribution is 2.16. The normalized spacial score (nSPS) is 9.67. The molecule has 6 heteroatoms. The average Bonchev–Trinajstić information content (AvgIpc) is 2.64. The van der Waals surface area contributed by atoms with Gasteiger partial charge in [-0.3, -0.25) is 4.79 Å². The van der Waals surface area contributed by atoms with Crippen LogP contribution < -0.4 is 19.5 Å². The Labute approximate surface area is 140 Å². The summed E-state index contributed by atoms with van der Waals surface area (Å²) in [5.41, 5.74) is 0.544. The van der Waals surface area contributed by atoms with E-state index in [0.717, 1.165) is 5.75 Å². The second-order valence-electron chi connectivity index (χ2n) is 4.80. The van der Waals surface area contributed by atoms with Crippen molar-refractivity contribution in [2.45, 2.75) is 0 Å². The highest BCUT2D eigenvalue weighted by molar-refractivity contribution is 5.77. The van der Waals surface area contributed by atoms with Gasteiger partial charge in [0.1, 0.15) is 23.9 Å². The van der Waals surface area contributed by atoms with Crippen LogP contribution in [0.2, 0.25) is 0 Å². The Morgan fingerprint density at radius 1 is 1.00 bits per heavy atom. The lowest BCUT2D eigenvalue weighted by atomic mass is 10.2. The minimum absolute atomic E-state index is 0.0889. The number of amides is 1. The Morgan fingerprint density at radius 2 is 1.58 bits per heavy atom. The Morgan fingerprint density at radius 3 is 2.21 bits per heavy atom. The first-order valence-electron chi connectivity index (χ1n) is 7.38. The van der Waals surface area contributed by atoms with Crippen LogP contribution in [0.5, 0.6) is 17.2 Å². The summed E-state index contributed by atoms with van der Waals surface area (Å²) >= 11 is 0. The Hall–Kier alpha value is -3.20. The number of carbonyl (C=O) groups excluding carboxylic acids is 1. The molecule has 6 nitrogen and oxygen atoms in total. The number of nitrogens with zero attached hydrogens (tertiary/aromatic N) is 1. The monoisotopic (exact) mass is 326 g/mol. The standard InChI is InChI=1S/C18H18N2O4/c1-22-15-6-8-16(9-7-15)23-11-10-20-18(21)13-24-17-4-2-14(12-19)3-5-17/h2-9H,10-11,13H2,1H3,(H,20,21). The maximum atomic E-state index is 11.7. The first-order chi connectivity index (χ1) is 11.7. The van der Waals surface area contributed by atoms with Gasteiger partial charge in [-0.05, 0) is 48.5 Å². The molecule has 124 valence electrons. The van der Waals surface area contributed by atoms with Crippen LogP contribution in [0, 0.1) is 11.3 Å². The molecule has 0 fully saturated rings. The molecule has 0 unspecified atom stereocenters. The molecule has 0 bridgehead atoms. The van der Waals surface area contributed by atoms with Crippen LogP contribution >= 0.6 is 0 Å². The molecule has 0 aliphatic carbocycles. The molecule has 0 saturated carbocycles. The molecule has 2 aromatic carbocycles. The molecule has 0 aliphatic rings. The third kappa shape index (κ3) is 5.54. The first kappa shape index (κ1) is 17.2. The molecule has 0 radical (unpaired) electrons. The van der Waals surface area contributed by atoms with E-state index in [1.54, 1.807) is 55.6 Å². The van der Waals surface area contributed by atoms with Crippen molar-refractivity contribution in [1.82, 2.24) is 5.32 Å². The van der Waals surface area contributed by atoms with Crippen LogP contribution in [-0.4, -0.2) is 32.8 Å². The summed E-state index contributed by atoms with van der Waals surface area (Å²) in [7, 11) is 1.60. The molecule has 0 heterocycles. The Bertz CT molecular complexity index is 690. The maximum absolute atomic E-state index is 11.7. The van der Waals surface area contributed by atoms with Gasteiger partial charge in [0.15, 0.2) is 6.61 Å². The highest BCUT2D eigenvalue weighted by Gasteiger charge is 2.03. The number of ether oxygens (including phenoxy) is 3. The number of methoxy groups -OCH3 is 1. The van der Waals surface area contributed by atoms with Crippen molar-refractivity contribution in [2.24, 2.45) is 0 Å². The number of benzene rings is 2. The lowest BCUT2D eigenvalue weighted by Crippen LogP contribution is -2.32. The molecule has 0 aliphatic heterocycles. The van der Waals surface area contributed by atoms with Gasteiger partial charge in [0.2, 0.25) is 0 Å². The molecule has 1 amide bonds. The van der Waals surface area contributed by atoms with E-state index >= 15 is 0 Å². The van der Waals surface area contributed by atoms with Gasteiger partial charge in [0.05, 0.1) is 25.3 Å². The van der Waals surface area contributed by atoms with E-state index in [0.29, 0.717) is 30.2 Å². The molecule has 24 heavy (non-hydrogen) atoms. The third-order valence-corrected chi connectivity index (χ3v) is 3.11. The fraction of sp³-hybridized carbons (Fsp3) is 0.222. The summed E-state index contributed by atoms with van der Waals surface area (Å²) < 4.78 is 15.9. The van der Waals surface area contributed by atoms with Crippen LogP contribution in [0.1, 0.15) is 5.56 Å². The molecule has 0 aromatic heterocycles. The van der Waals surface area contributed by atoms with Crippen molar-refractivity contribution in [2.75, 3.05) is 26.9 Å². The lowest BCUT2D eigenvalue weighted by molar-refractivity contribution is -0.123. The van der Waals surface area contributed by atoms with Gasteiger partial charge in [0.25, 0.3) is 5.91 Å². The summed E-state index contributed by atoms with van der Waals surface area (Å²) in [5, 5.41) is 11.4. The van der Waals surface area contributed by atoms with Crippen molar-refractivity contribution in [3.05, 3.63) is 54.1 Å². The zero-order valence-electron chi connectivity index (χ0n) is 13.3. The van der Waals surface area contributed by atoms with E-state index in [1.165, 1.54) is 0 Å². The summed E-state index contributed by atoms with van der Waals surface area (Å²) in [6.45, 7) is 0.644. The first-order valence-corrected chi connectivity index (χ1v) is 7.38. The number of nitriles is 1. The lowest BCUT2D eigenvalue weighted by Gasteiger charge is -2.09. The summed E-state index contributed by atoms with van der Waals surface area (Å²) in [6.07, 6.45) is 0. The largest absolute Gasteiger partial charge is 0.497 e. The third-order valence-electron chi connectivity index (χ3n) is 3.11. The molecule has 0 spiro atoms. The van der Waals surface area contributed by atoms with Crippen molar-refractivity contribution >= 4 is 5.91 Å². The van der Waals surface area contributed by atoms with Crippen molar-refractivity contribution < 1.29 is 19.0 Å². The summed E-state index contributed by atoms with van der Waals surface area (Å²) in [6, 6.07) is 15.8. The SMILES string of the molecule is COc1ccc(OCCNC(=O)COc2ccc(C#N)cc2)cc1. The topological polar surface area (TPSA) is 80.6 Å². The van der Waals surface area contributed by atoms with Crippen molar-refractivity contribution in [3.8, 4) is 23.3 Å². The number of rotatable bonds is 8. The number of hydrogen-bond acceptors (Lipinski definition) is 5.